The van der Waals surface area contributed by atoms with E-state index in [1.54, 1.807) is 0 Å². The van der Waals surface area contributed by atoms with E-state index in [9.17, 15) is 4.79 Å². The molecule has 1 rings (SSSR count). The monoisotopic (exact) mass is 248 g/mol. The summed E-state index contributed by atoms with van der Waals surface area (Å²) in [4.78, 5) is 13.9. The van der Waals surface area contributed by atoms with Gasteiger partial charge in [0.15, 0.2) is 0 Å². The van der Waals surface area contributed by atoms with E-state index in [2.05, 4.69) is 26.0 Å². The van der Waals surface area contributed by atoms with Crippen molar-refractivity contribution in [2.75, 3.05) is 19.6 Å². The van der Waals surface area contributed by atoms with E-state index in [0.717, 1.165) is 13.0 Å². The number of carbonyl (C=O) groups is 1. The van der Waals surface area contributed by atoms with Crippen LogP contribution in [0.4, 0.5) is 0 Å². The molecule has 0 fully saturated rings. The molecule has 0 spiro atoms. The Labute approximate surface area is 110 Å². The van der Waals surface area contributed by atoms with E-state index in [-0.39, 0.29) is 5.91 Å². The first-order valence-electron chi connectivity index (χ1n) is 6.65. The van der Waals surface area contributed by atoms with Gasteiger partial charge in [-0.3, -0.25) is 4.79 Å². The molecular weight excluding hydrogens is 224 g/mol. The summed E-state index contributed by atoms with van der Waals surface area (Å²) in [6.45, 7) is 6.06. The lowest BCUT2D eigenvalue weighted by Gasteiger charge is -2.23. The number of carbonyl (C=O) groups excluding carboxylic acids is 1. The molecule has 0 saturated carbocycles. The number of benzene rings is 1. The lowest BCUT2D eigenvalue weighted by atomic mass is 10.1. The molecule has 1 amide bonds. The van der Waals surface area contributed by atoms with Crippen LogP contribution in [0.2, 0.25) is 0 Å². The molecule has 3 nitrogen and oxygen atoms in total. The molecule has 0 aromatic heterocycles. The number of hydrogen-bond acceptors (Lipinski definition) is 2. The van der Waals surface area contributed by atoms with Crippen molar-refractivity contribution in [3.8, 4) is 0 Å². The van der Waals surface area contributed by atoms with Gasteiger partial charge in [0.05, 0.1) is 0 Å². The van der Waals surface area contributed by atoms with Crippen LogP contribution >= 0.6 is 0 Å². The van der Waals surface area contributed by atoms with E-state index in [1.807, 2.05) is 23.1 Å². The van der Waals surface area contributed by atoms with Gasteiger partial charge in [0.25, 0.3) is 0 Å². The Kier molecular flexibility index (Phi) is 6.44. The van der Waals surface area contributed by atoms with Crippen molar-refractivity contribution < 1.29 is 4.79 Å². The predicted molar refractivity (Wildman–Crippen MR) is 75.2 cm³/mol. The zero-order valence-electron chi connectivity index (χ0n) is 11.4. The quantitative estimate of drug-likeness (QED) is 0.803. The Bertz CT molecular complexity index is 349. The van der Waals surface area contributed by atoms with Gasteiger partial charge in [-0.2, -0.15) is 0 Å². The van der Waals surface area contributed by atoms with Gasteiger partial charge in [0, 0.05) is 26.1 Å². The lowest BCUT2D eigenvalue weighted by molar-refractivity contribution is -0.131. The molecule has 0 saturated heterocycles. The van der Waals surface area contributed by atoms with E-state index < -0.39 is 0 Å². The maximum absolute atomic E-state index is 12.0. The van der Waals surface area contributed by atoms with Crippen molar-refractivity contribution in [2.45, 2.75) is 26.7 Å². The molecule has 0 radical (unpaired) electrons. The normalized spacial score (nSPS) is 10.7. The Balaban J connectivity index is 2.50. The number of hydrogen-bond donors (Lipinski definition) is 1. The summed E-state index contributed by atoms with van der Waals surface area (Å²) in [5, 5.41) is 0. The average molecular weight is 248 g/mol. The maximum Gasteiger partial charge on any atom is 0.222 e. The van der Waals surface area contributed by atoms with Crippen molar-refractivity contribution in [3.05, 3.63) is 35.9 Å². The fourth-order valence-corrected chi connectivity index (χ4v) is 1.90. The molecule has 0 heterocycles. The highest BCUT2D eigenvalue weighted by Crippen LogP contribution is 2.06. The van der Waals surface area contributed by atoms with Crippen molar-refractivity contribution in [1.29, 1.82) is 0 Å². The van der Waals surface area contributed by atoms with Crippen LogP contribution in [0.5, 0.6) is 0 Å². The molecule has 0 unspecified atom stereocenters. The summed E-state index contributed by atoms with van der Waals surface area (Å²) in [5.41, 5.74) is 6.83. The topological polar surface area (TPSA) is 46.3 Å². The van der Waals surface area contributed by atoms with E-state index in [0.29, 0.717) is 25.4 Å². The fourth-order valence-electron chi connectivity index (χ4n) is 1.90. The van der Waals surface area contributed by atoms with Crippen LogP contribution < -0.4 is 5.73 Å². The van der Waals surface area contributed by atoms with Gasteiger partial charge in [-0.25, -0.2) is 0 Å². The molecule has 0 bridgehead atoms. The molecule has 0 aliphatic rings. The van der Waals surface area contributed by atoms with Gasteiger partial charge >= 0.3 is 0 Å². The smallest absolute Gasteiger partial charge is 0.222 e. The van der Waals surface area contributed by atoms with Crippen LogP contribution in [0.15, 0.2) is 30.3 Å². The van der Waals surface area contributed by atoms with Gasteiger partial charge in [-0.1, -0.05) is 44.2 Å². The molecule has 0 aliphatic heterocycles. The van der Waals surface area contributed by atoms with Gasteiger partial charge in [-0.05, 0) is 17.9 Å². The van der Waals surface area contributed by atoms with Gasteiger partial charge in [0.2, 0.25) is 5.91 Å². The van der Waals surface area contributed by atoms with Gasteiger partial charge in [0.1, 0.15) is 0 Å². The van der Waals surface area contributed by atoms with Crippen molar-refractivity contribution in [1.82, 2.24) is 4.90 Å². The third-order valence-corrected chi connectivity index (χ3v) is 2.85. The SMILES string of the molecule is CC(C)CC(=O)N(CCN)CCc1ccccc1. The number of nitrogens with two attached hydrogens (primary N) is 1. The molecule has 2 N–H and O–H groups in total. The Morgan fingerprint density at radius 3 is 2.44 bits per heavy atom. The van der Waals surface area contributed by atoms with E-state index >= 15 is 0 Å². The highest BCUT2D eigenvalue weighted by atomic mass is 16.2. The summed E-state index contributed by atoms with van der Waals surface area (Å²) < 4.78 is 0. The molecule has 3 heteroatoms. The van der Waals surface area contributed by atoms with Crippen LogP contribution in [-0.4, -0.2) is 30.4 Å². The third-order valence-electron chi connectivity index (χ3n) is 2.85. The zero-order chi connectivity index (χ0) is 13.4. The van der Waals surface area contributed by atoms with Gasteiger partial charge < -0.3 is 10.6 Å². The molecule has 18 heavy (non-hydrogen) atoms. The number of nitrogens with zero attached hydrogens (tertiary/aromatic N) is 1. The van der Waals surface area contributed by atoms with E-state index in [4.69, 9.17) is 5.73 Å². The molecule has 0 aliphatic carbocycles. The summed E-state index contributed by atoms with van der Waals surface area (Å²) in [6.07, 6.45) is 1.50. The third kappa shape index (κ3) is 5.32. The van der Waals surface area contributed by atoms with Crippen LogP contribution in [0.25, 0.3) is 0 Å². The van der Waals surface area contributed by atoms with Crippen molar-refractivity contribution >= 4 is 5.91 Å². The highest BCUT2D eigenvalue weighted by molar-refractivity contribution is 5.76. The van der Waals surface area contributed by atoms with Crippen LogP contribution in [-0.2, 0) is 11.2 Å². The Hall–Kier alpha value is -1.35. The second-order valence-corrected chi connectivity index (χ2v) is 5.00. The van der Waals surface area contributed by atoms with E-state index in [1.165, 1.54) is 5.56 Å². The summed E-state index contributed by atoms with van der Waals surface area (Å²) >= 11 is 0. The molecule has 1 aromatic carbocycles. The van der Waals surface area contributed by atoms with Crippen molar-refractivity contribution in [3.63, 3.8) is 0 Å². The predicted octanol–water partition coefficient (Wildman–Crippen LogP) is 2.06. The summed E-state index contributed by atoms with van der Waals surface area (Å²) in [7, 11) is 0. The summed E-state index contributed by atoms with van der Waals surface area (Å²) in [5.74, 6) is 0.612. The Morgan fingerprint density at radius 1 is 1.22 bits per heavy atom. The van der Waals surface area contributed by atoms with Crippen molar-refractivity contribution in [2.24, 2.45) is 11.7 Å². The lowest BCUT2D eigenvalue weighted by Crippen LogP contribution is -2.37. The molecular formula is C15H24N2O. The largest absolute Gasteiger partial charge is 0.341 e. The minimum atomic E-state index is 0.214. The van der Waals surface area contributed by atoms with Crippen LogP contribution in [0.3, 0.4) is 0 Å². The maximum atomic E-state index is 12.0. The summed E-state index contributed by atoms with van der Waals surface area (Å²) in [6, 6.07) is 10.2. The Morgan fingerprint density at radius 2 is 1.89 bits per heavy atom. The van der Waals surface area contributed by atoms with Crippen LogP contribution in [0, 0.1) is 5.92 Å². The molecule has 100 valence electrons. The minimum absolute atomic E-state index is 0.214. The zero-order valence-corrected chi connectivity index (χ0v) is 11.4. The first kappa shape index (κ1) is 14.7. The molecule has 1 aromatic rings. The van der Waals surface area contributed by atoms with Gasteiger partial charge in [-0.15, -0.1) is 0 Å². The standard InChI is InChI=1S/C15H24N2O/c1-13(2)12-15(18)17(11-9-16)10-8-14-6-4-3-5-7-14/h3-7,13H,8-12,16H2,1-2H3. The molecule has 0 atom stereocenters. The minimum Gasteiger partial charge on any atom is -0.341 e. The number of amides is 1. The number of rotatable bonds is 7. The van der Waals surface area contributed by atoms with Crippen LogP contribution in [0.1, 0.15) is 25.8 Å². The average Bonchev–Trinajstić information content (AvgIpc) is 2.34. The first-order chi connectivity index (χ1) is 8.63. The highest BCUT2D eigenvalue weighted by Gasteiger charge is 2.13. The second-order valence-electron chi connectivity index (χ2n) is 5.00. The first-order valence-corrected chi connectivity index (χ1v) is 6.65. The fraction of sp³-hybridized carbons (Fsp3) is 0.533. The second kappa shape index (κ2) is 7.88.